The number of allylic oxidation sites excluding steroid dienone is 5. The maximum atomic E-state index is 12.7. The quantitative estimate of drug-likeness (QED) is 0.0803. The Morgan fingerprint density at radius 1 is 0.875 bits per heavy atom. The summed E-state index contributed by atoms with van der Waals surface area (Å²) in [5.74, 6) is 8.84. The minimum Gasteiger partial charge on any atom is -0.490 e. The zero-order chi connectivity index (χ0) is 34.4. The minimum atomic E-state index is -0.635. The predicted octanol–water partition coefficient (Wildman–Crippen LogP) is 6.75. The molecule has 9 nitrogen and oxygen atoms in total. The molecule has 0 heterocycles. The summed E-state index contributed by atoms with van der Waals surface area (Å²) in [4.78, 5) is 12.7. The Labute approximate surface area is 286 Å². The van der Waals surface area contributed by atoms with E-state index in [1.165, 1.54) is 6.08 Å². The third-order valence-corrected chi connectivity index (χ3v) is 7.60. The van der Waals surface area contributed by atoms with Gasteiger partial charge in [0, 0.05) is 19.5 Å². The highest BCUT2D eigenvalue weighted by molar-refractivity contribution is 5.67. The Hall–Kier alpha value is -4.81. The largest absolute Gasteiger partial charge is 0.490 e. The average Bonchev–Trinajstić information content (AvgIpc) is 3.09. The van der Waals surface area contributed by atoms with Gasteiger partial charge in [0.05, 0.1) is 6.61 Å². The third kappa shape index (κ3) is 15.7. The molecule has 0 aromatic heterocycles. The molecule has 0 radical (unpaired) electrons. The number of hydrogen-bond acceptors (Lipinski definition) is 8. The lowest BCUT2D eigenvalue weighted by molar-refractivity contribution is -0.0288. The van der Waals surface area contributed by atoms with Gasteiger partial charge in [-0.1, -0.05) is 81.0 Å². The molecule has 0 aliphatic heterocycles. The van der Waals surface area contributed by atoms with Crippen molar-refractivity contribution in [2.45, 2.75) is 50.4 Å². The molecule has 0 bridgehead atoms. The van der Waals surface area contributed by atoms with Crippen LogP contribution in [0, 0.1) is 23.7 Å². The molecule has 5 atom stereocenters. The van der Waals surface area contributed by atoms with Crippen molar-refractivity contribution >= 4 is 6.09 Å². The number of benzene rings is 1. The van der Waals surface area contributed by atoms with Crippen LogP contribution in [0.15, 0.2) is 117 Å². The van der Waals surface area contributed by atoms with Gasteiger partial charge in [-0.15, -0.1) is 0 Å². The average molecular weight is 659 g/mol. The van der Waals surface area contributed by atoms with Crippen LogP contribution in [-0.2, 0) is 23.7 Å². The molecule has 5 unspecified atom stereocenters. The molecule has 9 heteroatoms. The molecular formula is C39H50N2O7. The van der Waals surface area contributed by atoms with Gasteiger partial charge in [-0.2, -0.15) is 0 Å². The van der Waals surface area contributed by atoms with Gasteiger partial charge in [-0.05, 0) is 68.0 Å². The maximum Gasteiger partial charge on any atom is 0.407 e. The molecule has 0 saturated heterocycles. The van der Waals surface area contributed by atoms with Gasteiger partial charge in [0.15, 0.2) is 18.1 Å². The number of para-hydroxylation sites is 1. The SMILES string of the molecule is C=CC(=C)OCC(COC1C#CC/C=C\C=C1)OC(=C)NCC1CCCC(CNC(=O)OC(COC(=C)C=C)COc2ccccc2)C1. The Bertz CT molecular complexity index is 1330. The second-order valence-electron chi connectivity index (χ2n) is 11.5. The van der Waals surface area contributed by atoms with E-state index >= 15 is 0 Å². The van der Waals surface area contributed by atoms with E-state index in [1.807, 2.05) is 54.6 Å². The van der Waals surface area contributed by atoms with Gasteiger partial charge < -0.3 is 39.1 Å². The highest BCUT2D eigenvalue weighted by Crippen LogP contribution is 2.28. The van der Waals surface area contributed by atoms with Gasteiger partial charge in [-0.25, -0.2) is 4.79 Å². The van der Waals surface area contributed by atoms with Crippen LogP contribution in [0.1, 0.15) is 32.1 Å². The number of ether oxygens (including phenoxy) is 6. The summed E-state index contributed by atoms with van der Waals surface area (Å²) in [6.07, 6.45) is 13.7. The van der Waals surface area contributed by atoms with E-state index in [0.29, 0.717) is 54.5 Å². The van der Waals surface area contributed by atoms with Gasteiger partial charge in [0.1, 0.15) is 43.2 Å². The molecule has 1 aromatic carbocycles. The topological polar surface area (TPSA) is 96.5 Å². The molecule has 258 valence electrons. The lowest BCUT2D eigenvalue weighted by Crippen LogP contribution is -2.38. The fourth-order valence-electron chi connectivity index (χ4n) is 5.04. The molecule has 1 aromatic rings. The number of nitrogens with one attached hydrogen (secondary N) is 2. The molecule has 2 N–H and O–H groups in total. The maximum absolute atomic E-state index is 12.7. The van der Waals surface area contributed by atoms with E-state index in [0.717, 1.165) is 25.7 Å². The molecule has 2 aliphatic rings. The fraction of sp³-hybridized carbons (Fsp3) is 0.410. The number of alkyl carbamates (subject to hydrolysis) is 1. The van der Waals surface area contributed by atoms with E-state index in [2.05, 4.69) is 55.4 Å². The zero-order valence-electron chi connectivity index (χ0n) is 27.9. The standard InChI is InChI=1S/C39H50N2O7/c1-6-30(3)43-26-37(28-45-35-19-12-9-8-10-13-20-35)47-32(5)40-24-33-17-16-18-34(23-33)25-41-39(42)48-38(27-44-31(4)7-2)29-46-36-21-14-11-15-22-36/h6-9,11-12,14-15,19,21-22,33-35,37-38,40H,1-5,10,16-18,23-29H2,(H,41,42)/b9-8-,19-12?. The second-order valence-corrected chi connectivity index (χ2v) is 11.5. The summed E-state index contributed by atoms with van der Waals surface area (Å²) in [5.41, 5.74) is 0. The van der Waals surface area contributed by atoms with E-state index in [-0.39, 0.29) is 32.5 Å². The molecule has 2 aliphatic carbocycles. The van der Waals surface area contributed by atoms with Crippen molar-refractivity contribution in [3.05, 3.63) is 117 Å². The molecule has 1 fully saturated rings. The van der Waals surface area contributed by atoms with E-state index in [4.69, 9.17) is 28.4 Å². The van der Waals surface area contributed by atoms with Gasteiger partial charge in [0.25, 0.3) is 0 Å². The first-order valence-electron chi connectivity index (χ1n) is 16.4. The Kier molecular flexibility index (Phi) is 17.2. The Morgan fingerprint density at radius 3 is 2.23 bits per heavy atom. The van der Waals surface area contributed by atoms with Crippen LogP contribution >= 0.6 is 0 Å². The molecule has 0 spiro atoms. The van der Waals surface area contributed by atoms with E-state index in [9.17, 15) is 4.79 Å². The van der Waals surface area contributed by atoms with Gasteiger partial charge in [-0.3, -0.25) is 0 Å². The van der Waals surface area contributed by atoms with Gasteiger partial charge >= 0.3 is 6.09 Å². The number of hydrogen-bond donors (Lipinski definition) is 2. The first-order chi connectivity index (χ1) is 23.3. The smallest absolute Gasteiger partial charge is 0.407 e. The second kappa shape index (κ2) is 21.9. The molecule has 3 rings (SSSR count). The van der Waals surface area contributed by atoms with Crippen LogP contribution in [0.2, 0.25) is 0 Å². The summed E-state index contributed by atoms with van der Waals surface area (Å²) in [6, 6.07) is 9.33. The highest BCUT2D eigenvalue weighted by Gasteiger charge is 2.24. The number of amides is 1. The summed E-state index contributed by atoms with van der Waals surface area (Å²) in [6.45, 7) is 20.9. The van der Waals surface area contributed by atoms with Crippen LogP contribution in [0.25, 0.3) is 0 Å². The van der Waals surface area contributed by atoms with E-state index < -0.39 is 18.3 Å². The first kappa shape index (κ1) is 37.6. The molecule has 1 saturated carbocycles. The van der Waals surface area contributed by atoms with Crippen molar-refractivity contribution in [2.75, 3.05) is 39.5 Å². The third-order valence-electron chi connectivity index (χ3n) is 7.60. The summed E-state index contributed by atoms with van der Waals surface area (Å²) >= 11 is 0. The van der Waals surface area contributed by atoms with E-state index in [1.54, 1.807) is 6.08 Å². The Morgan fingerprint density at radius 2 is 1.54 bits per heavy atom. The van der Waals surface area contributed by atoms with Crippen molar-refractivity contribution in [3.63, 3.8) is 0 Å². The lowest BCUT2D eigenvalue weighted by Gasteiger charge is -2.30. The monoisotopic (exact) mass is 658 g/mol. The zero-order valence-corrected chi connectivity index (χ0v) is 27.9. The molecular weight excluding hydrogens is 608 g/mol. The summed E-state index contributed by atoms with van der Waals surface area (Å²) in [7, 11) is 0. The van der Waals surface area contributed by atoms with Crippen molar-refractivity contribution in [1.82, 2.24) is 10.6 Å². The first-order valence-corrected chi connectivity index (χ1v) is 16.4. The van der Waals surface area contributed by atoms with Crippen LogP contribution in [0.4, 0.5) is 4.79 Å². The fourth-order valence-corrected chi connectivity index (χ4v) is 5.04. The number of carbonyl (C=O) groups excluding carboxylic acids is 1. The van der Waals surface area contributed by atoms with Crippen LogP contribution in [-0.4, -0.2) is 63.9 Å². The van der Waals surface area contributed by atoms with Crippen LogP contribution in [0.3, 0.4) is 0 Å². The summed E-state index contributed by atoms with van der Waals surface area (Å²) in [5, 5.41) is 6.27. The number of rotatable bonds is 22. The van der Waals surface area contributed by atoms with Crippen molar-refractivity contribution in [1.29, 1.82) is 0 Å². The Balaban J connectivity index is 1.42. The normalized spacial score (nSPS) is 20.0. The summed E-state index contributed by atoms with van der Waals surface area (Å²) < 4.78 is 34.7. The van der Waals surface area contributed by atoms with Crippen LogP contribution in [0.5, 0.6) is 5.75 Å². The lowest BCUT2D eigenvalue weighted by atomic mass is 9.81. The molecule has 1 amide bonds. The highest BCUT2D eigenvalue weighted by atomic mass is 16.6. The van der Waals surface area contributed by atoms with Gasteiger partial charge in [0.2, 0.25) is 0 Å². The van der Waals surface area contributed by atoms with Crippen molar-refractivity contribution < 1.29 is 33.2 Å². The minimum absolute atomic E-state index is 0.0969. The predicted molar refractivity (Wildman–Crippen MR) is 189 cm³/mol. The number of carbonyl (C=O) groups is 1. The van der Waals surface area contributed by atoms with Crippen molar-refractivity contribution in [2.24, 2.45) is 11.8 Å². The van der Waals surface area contributed by atoms with Crippen molar-refractivity contribution in [3.8, 4) is 17.6 Å². The van der Waals surface area contributed by atoms with Crippen LogP contribution < -0.4 is 15.4 Å². The molecule has 48 heavy (non-hydrogen) atoms.